The molecule has 1 N–H and O–H groups in total. The summed E-state index contributed by atoms with van der Waals surface area (Å²) >= 11 is 7.09. The number of fused-ring (bicyclic) bond motifs is 1. The second-order valence-electron chi connectivity index (χ2n) is 6.72. The average molecular weight is 464 g/mol. The number of nitrogens with zero attached hydrogens (tertiary/aromatic N) is 2. The van der Waals surface area contributed by atoms with Gasteiger partial charge in [0.05, 0.1) is 23.7 Å². The maximum atomic E-state index is 12.6. The summed E-state index contributed by atoms with van der Waals surface area (Å²) in [6.45, 7) is 0.347. The predicted molar refractivity (Wildman–Crippen MR) is 117 cm³/mol. The number of benzene rings is 2. The highest BCUT2D eigenvalue weighted by atomic mass is 35.5. The van der Waals surface area contributed by atoms with Crippen LogP contribution in [0.1, 0.15) is 5.56 Å². The van der Waals surface area contributed by atoms with Crippen LogP contribution in [0.2, 0.25) is 5.02 Å². The quantitative estimate of drug-likeness (QED) is 0.602. The lowest BCUT2D eigenvalue weighted by Gasteiger charge is -2.16. The lowest BCUT2D eigenvalue weighted by Crippen LogP contribution is -2.34. The third kappa shape index (κ3) is 4.34. The first kappa shape index (κ1) is 20.8. The largest absolute Gasteiger partial charge is 0.493 e. The highest BCUT2D eigenvalue weighted by Gasteiger charge is 2.23. The molecular formula is C20H18ClN3O4S2. The number of anilines is 1. The molecule has 30 heavy (non-hydrogen) atoms. The van der Waals surface area contributed by atoms with E-state index in [1.807, 2.05) is 23.6 Å². The van der Waals surface area contributed by atoms with Crippen LogP contribution < -0.4 is 10.1 Å². The van der Waals surface area contributed by atoms with Gasteiger partial charge in [0.2, 0.25) is 15.9 Å². The number of thiazole rings is 1. The standard InChI is InChI=1S/C20H18ClN3O4S2/c1-24(30(26,27)16-5-3-15(21)4-6-16)11-19(25)23-20-22-17(12-29-20)13-2-7-18-14(10-13)8-9-28-18/h2-7,10,12H,8-9,11H2,1H3,(H,22,23,25). The summed E-state index contributed by atoms with van der Waals surface area (Å²) in [5.74, 6) is 0.422. The first-order chi connectivity index (χ1) is 14.3. The molecule has 1 aromatic heterocycles. The van der Waals surface area contributed by atoms with Gasteiger partial charge in [-0.15, -0.1) is 11.3 Å². The van der Waals surface area contributed by atoms with Gasteiger partial charge in [-0.2, -0.15) is 4.31 Å². The minimum atomic E-state index is -3.80. The van der Waals surface area contributed by atoms with Crippen molar-refractivity contribution in [1.29, 1.82) is 0 Å². The number of halogens is 1. The number of carbonyl (C=O) groups is 1. The molecule has 3 aromatic rings. The Balaban J connectivity index is 1.41. The first-order valence-electron chi connectivity index (χ1n) is 9.06. The maximum absolute atomic E-state index is 12.6. The van der Waals surface area contributed by atoms with E-state index in [4.69, 9.17) is 16.3 Å². The molecule has 156 valence electrons. The number of nitrogens with one attached hydrogen (secondary N) is 1. The van der Waals surface area contributed by atoms with E-state index < -0.39 is 15.9 Å². The van der Waals surface area contributed by atoms with Crippen molar-refractivity contribution in [3.63, 3.8) is 0 Å². The molecule has 0 saturated heterocycles. The van der Waals surface area contributed by atoms with Crippen molar-refractivity contribution < 1.29 is 17.9 Å². The van der Waals surface area contributed by atoms with Crippen LogP contribution in [0.4, 0.5) is 5.13 Å². The fraction of sp³-hybridized carbons (Fsp3) is 0.200. The number of carbonyl (C=O) groups excluding carboxylic acids is 1. The van der Waals surface area contributed by atoms with Crippen LogP contribution in [-0.2, 0) is 21.2 Å². The molecule has 0 bridgehead atoms. The Bertz CT molecular complexity index is 1190. The summed E-state index contributed by atoms with van der Waals surface area (Å²) < 4.78 is 31.7. The lowest BCUT2D eigenvalue weighted by atomic mass is 10.1. The molecule has 10 heteroatoms. The summed E-state index contributed by atoms with van der Waals surface area (Å²) in [7, 11) is -2.45. The summed E-state index contributed by atoms with van der Waals surface area (Å²) in [6.07, 6.45) is 0.866. The Morgan fingerprint density at radius 3 is 2.80 bits per heavy atom. The Hall–Kier alpha value is -2.46. The second-order valence-corrected chi connectivity index (χ2v) is 10.1. The van der Waals surface area contributed by atoms with E-state index in [0.717, 1.165) is 33.3 Å². The molecule has 2 aromatic carbocycles. The number of aromatic nitrogens is 1. The molecule has 0 saturated carbocycles. The minimum Gasteiger partial charge on any atom is -0.493 e. The van der Waals surface area contributed by atoms with Gasteiger partial charge >= 0.3 is 0 Å². The number of rotatable bonds is 6. The van der Waals surface area contributed by atoms with Crippen molar-refractivity contribution in [1.82, 2.24) is 9.29 Å². The SMILES string of the molecule is CN(CC(=O)Nc1nc(-c2ccc3c(c2)CCO3)cs1)S(=O)(=O)c1ccc(Cl)cc1. The Morgan fingerprint density at radius 2 is 2.03 bits per heavy atom. The summed E-state index contributed by atoms with van der Waals surface area (Å²) in [6, 6.07) is 11.7. The van der Waals surface area contributed by atoms with Crippen LogP contribution in [-0.4, -0.2) is 43.8 Å². The van der Waals surface area contributed by atoms with E-state index in [-0.39, 0.29) is 11.4 Å². The highest BCUT2D eigenvalue weighted by Crippen LogP contribution is 2.32. The smallest absolute Gasteiger partial charge is 0.243 e. The Kier molecular flexibility index (Phi) is 5.79. The number of ether oxygens (including phenoxy) is 1. The van der Waals surface area contributed by atoms with E-state index in [1.54, 1.807) is 0 Å². The summed E-state index contributed by atoms with van der Waals surface area (Å²) in [5, 5.41) is 5.35. The summed E-state index contributed by atoms with van der Waals surface area (Å²) in [4.78, 5) is 16.9. The van der Waals surface area contributed by atoms with Crippen LogP contribution in [0.3, 0.4) is 0 Å². The topological polar surface area (TPSA) is 88.6 Å². The van der Waals surface area contributed by atoms with Gasteiger partial charge in [0.1, 0.15) is 5.75 Å². The second kappa shape index (κ2) is 8.35. The summed E-state index contributed by atoms with van der Waals surface area (Å²) in [5.41, 5.74) is 2.82. The molecule has 0 spiro atoms. The van der Waals surface area contributed by atoms with Crippen LogP contribution in [0.5, 0.6) is 5.75 Å². The highest BCUT2D eigenvalue weighted by molar-refractivity contribution is 7.89. The van der Waals surface area contributed by atoms with Crippen LogP contribution in [0.25, 0.3) is 11.3 Å². The van der Waals surface area contributed by atoms with Crippen molar-refractivity contribution >= 4 is 44.0 Å². The van der Waals surface area contributed by atoms with Gasteiger partial charge in [-0.3, -0.25) is 4.79 Å². The first-order valence-corrected chi connectivity index (χ1v) is 11.8. The van der Waals surface area contributed by atoms with E-state index in [2.05, 4.69) is 10.3 Å². The molecule has 0 fully saturated rings. The van der Waals surface area contributed by atoms with E-state index >= 15 is 0 Å². The third-order valence-electron chi connectivity index (χ3n) is 4.62. The third-order valence-corrected chi connectivity index (χ3v) is 7.45. The van der Waals surface area contributed by atoms with Crippen LogP contribution in [0, 0.1) is 0 Å². The maximum Gasteiger partial charge on any atom is 0.243 e. The van der Waals surface area contributed by atoms with Crippen molar-refractivity contribution in [2.45, 2.75) is 11.3 Å². The molecule has 0 unspecified atom stereocenters. The number of amides is 1. The number of hydrogen-bond donors (Lipinski definition) is 1. The molecule has 0 atom stereocenters. The van der Waals surface area contributed by atoms with Gasteiger partial charge < -0.3 is 10.1 Å². The van der Waals surface area contributed by atoms with Gasteiger partial charge in [-0.05, 0) is 48.0 Å². The molecular weight excluding hydrogens is 446 g/mol. The Morgan fingerprint density at radius 1 is 1.27 bits per heavy atom. The molecule has 2 heterocycles. The van der Waals surface area contributed by atoms with E-state index in [9.17, 15) is 13.2 Å². The van der Waals surface area contributed by atoms with Gasteiger partial charge in [-0.1, -0.05) is 11.6 Å². The van der Waals surface area contributed by atoms with Gasteiger partial charge in [0.25, 0.3) is 0 Å². The van der Waals surface area contributed by atoms with Crippen molar-refractivity contribution in [2.75, 3.05) is 25.5 Å². The fourth-order valence-electron chi connectivity index (χ4n) is 3.04. The molecule has 1 amide bonds. The van der Waals surface area contributed by atoms with Crippen molar-refractivity contribution in [3.05, 3.63) is 58.4 Å². The zero-order valence-corrected chi connectivity index (χ0v) is 18.4. The minimum absolute atomic E-state index is 0.0688. The Labute approximate surface area is 183 Å². The van der Waals surface area contributed by atoms with E-state index in [1.165, 1.54) is 42.6 Å². The molecule has 0 radical (unpaired) electrons. The van der Waals surface area contributed by atoms with Gasteiger partial charge in [-0.25, -0.2) is 13.4 Å². The number of sulfonamides is 1. The average Bonchev–Trinajstić information content (AvgIpc) is 3.36. The number of hydrogen-bond acceptors (Lipinski definition) is 6. The zero-order valence-electron chi connectivity index (χ0n) is 16.0. The molecule has 4 rings (SSSR count). The molecule has 7 nitrogen and oxygen atoms in total. The van der Waals surface area contributed by atoms with Crippen molar-refractivity contribution in [3.8, 4) is 17.0 Å². The monoisotopic (exact) mass is 463 g/mol. The predicted octanol–water partition coefficient (Wildman–Crippen LogP) is 3.66. The number of likely N-dealkylation sites (N-methyl/N-ethyl adjacent to an activating group) is 1. The molecule has 1 aliphatic heterocycles. The van der Waals surface area contributed by atoms with Crippen LogP contribution in [0.15, 0.2) is 52.7 Å². The zero-order chi connectivity index (χ0) is 21.3. The normalized spacial score (nSPS) is 13.2. The van der Waals surface area contributed by atoms with Gasteiger partial charge in [0, 0.05) is 29.4 Å². The molecule has 1 aliphatic rings. The lowest BCUT2D eigenvalue weighted by molar-refractivity contribution is -0.116. The fourth-order valence-corrected chi connectivity index (χ4v) is 5.03. The molecule has 0 aliphatic carbocycles. The van der Waals surface area contributed by atoms with Crippen LogP contribution >= 0.6 is 22.9 Å². The van der Waals surface area contributed by atoms with Crippen molar-refractivity contribution in [2.24, 2.45) is 0 Å². The van der Waals surface area contributed by atoms with E-state index in [0.29, 0.717) is 16.8 Å². The van der Waals surface area contributed by atoms with Gasteiger partial charge in [0.15, 0.2) is 5.13 Å².